The average molecular weight is 411 g/mol. The number of hydrogen-bond donors (Lipinski definition) is 0. The van der Waals surface area contributed by atoms with E-state index in [0.29, 0.717) is 32.7 Å². The van der Waals surface area contributed by atoms with Crippen LogP contribution in [0.2, 0.25) is 0 Å². The summed E-state index contributed by atoms with van der Waals surface area (Å²) in [4.78, 5) is 16.9. The summed E-state index contributed by atoms with van der Waals surface area (Å²) in [5.74, 6) is 2.88. The van der Waals surface area contributed by atoms with Crippen molar-refractivity contribution in [3.8, 4) is 12.3 Å². The topological polar surface area (TPSA) is 64.2 Å². The van der Waals surface area contributed by atoms with Gasteiger partial charge in [0.25, 0.3) is 10.2 Å². The van der Waals surface area contributed by atoms with Crippen molar-refractivity contribution in [1.82, 2.24) is 18.4 Å². The minimum atomic E-state index is -3.45. The lowest BCUT2D eigenvalue weighted by molar-refractivity contribution is -0.138. The normalized spacial score (nSPS) is 24.4. The van der Waals surface area contributed by atoms with Crippen LogP contribution in [0.1, 0.15) is 44.9 Å². The Morgan fingerprint density at radius 2 is 1.61 bits per heavy atom. The molecule has 0 bridgehead atoms. The maximum Gasteiger partial charge on any atom is 0.282 e. The van der Waals surface area contributed by atoms with E-state index in [9.17, 15) is 13.2 Å². The molecule has 28 heavy (non-hydrogen) atoms. The van der Waals surface area contributed by atoms with Crippen LogP contribution in [0.5, 0.6) is 0 Å². The second-order valence-electron chi connectivity index (χ2n) is 8.29. The van der Waals surface area contributed by atoms with E-state index in [-0.39, 0.29) is 17.9 Å². The van der Waals surface area contributed by atoms with Gasteiger partial charge >= 0.3 is 0 Å². The maximum atomic E-state index is 13.0. The number of carbonyl (C=O) groups excluding carboxylic acids is 1. The van der Waals surface area contributed by atoms with Crippen molar-refractivity contribution >= 4 is 16.1 Å². The molecule has 0 unspecified atom stereocenters. The van der Waals surface area contributed by atoms with Gasteiger partial charge in [0.15, 0.2) is 0 Å². The molecule has 0 spiro atoms. The lowest BCUT2D eigenvalue weighted by atomic mass is 9.95. The summed E-state index contributed by atoms with van der Waals surface area (Å²) in [6, 6.07) is 0.117. The van der Waals surface area contributed by atoms with Gasteiger partial charge < -0.3 is 4.90 Å². The SMILES string of the molecule is C#CCN1CCC(C(=O)N2CCN(S(=O)(=O)N(C)C3CCCCC3)CC2)CC1. The van der Waals surface area contributed by atoms with Crippen molar-refractivity contribution in [1.29, 1.82) is 0 Å². The molecule has 3 aliphatic rings. The number of hydrogen-bond acceptors (Lipinski definition) is 4. The molecule has 7 nitrogen and oxygen atoms in total. The van der Waals surface area contributed by atoms with E-state index in [1.165, 1.54) is 6.42 Å². The van der Waals surface area contributed by atoms with Gasteiger partial charge in [-0.2, -0.15) is 17.0 Å². The van der Waals surface area contributed by atoms with E-state index < -0.39 is 10.2 Å². The molecule has 0 radical (unpaired) electrons. The third-order valence-corrected chi connectivity index (χ3v) is 8.62. The molecule has 3 rings (SSSR count). The molecule has 2 saturated heterocycles. The Morgan fingerprint density at radius 1 is 1.00 bits per heavy atom. The molecule has 1 saturated carbocycles. The van der Waals surface area contributed by atoms with Gasteiger partial charge in [0.05, 0.1) is 6.54 Å². The zero-order valence-corrected chi connectivity index (χ0v) is 17.9. The van der Waals surface area contributed by atoms with Gasteiger partial charge in [0, 0.05) is 45.2 Å². The van der Waals surface area contributed by atoms with Crippen LogP contribution in [0.25, 0.3) is 0 Å². The molecule has 0 aromatic heterocycles. The molecule has 0 atom stereocenters. The summed E-state index contributed by atoms with van der Waals surface area (Å²) in [6.07, 6.45) is 12.3. The quantitative estimate of drug-likeness (QED) is 0.634. The van der Waals surface area contributed by atoms with Crippen molar-refractivity contribution in [2.75, 3.05) is 52.9 Å². The number of terminal acetylenes is 1. The highest BCUT2D eigenvalue weighted by Gasteiger charge is 2.36. The summed E-state index contributed by atoms with van der Waals surface area (Å²) in [7, 11) is -1.73. The van der Waals surface area contributed by atoms with Gasteiger partial charge in [-0.05, 0) is 38.8 Å². The van der Waals surface area contributed by atoms with Gasteiger partial charge in [-0.3, -0.25) is 9.69 Å². The monoisotopic (exact) mass is 410 g/mol. The highest BCUT2D eigenvalue weighted by molar-refractivity contribution is 7.86. The summed E-state index contributed by atoms with van der Waals surface area (Å²) >= 11 is 0. The van der Waals surface area contributed by atoms with E-state index in [1.54, 1.807) is 15.7 Å². The predicted octanol–water partition coefficient (Wildman–Crippen LogP) is 0.985. The molecule has 0 aromatic carbocycles. The fraction of sp³-hybridized carbons (Fsp3) is 0.850. The van der Waals surface area contributed by atoms with Crippen LogP contribution in [-0.4, -0.2) is 91.6 Å². The van der Waals surface area contributed by atoms with E-state index >= 15 is 0 Å². The molecule has 1 aliphatic carbocycles. The lowest BCUT2D eigenvalue weighted by Gasteiger charge is -2.40. The minimum Gasteiger partial charge on any atom is -0.340 e. The average Bonchev–Trinajstić information content (AvgIpc) is 2.74. The predicted molar refractivity (Wildman–Crippen MR) is 110 cm³/mol. The van der Waals surface area contributed by atoms with Gasteiger partial charge in [0.1, 0.15) is 0 Å². The van der Waals surface area contributed by atoms with Crippen LogP contribution >= 0.6 is 0 Å². The van der Waals surface area contributed by atoms with Crippen LogP contribution in [0.4, 0.5) is 0 Å². The van der Waals surface area contributed by atoms with Gasteiger partial charge in [-0.1, -0.05) is 25.2 Å². The zero-order chi connectivity index (χ0) is 20.1. The summed E-state index contributed by atoms with van der Waals surface area (Å²) in [6.45, 7) is 4.12. The largest absolute Gasteiger partial charge is 0.340 e. The Bertz CT molecular complexity index is 668. The Balaban J connectivity index is 1.50. The van der Waals surface area contributed by atoms with Crippen LogP contribution in [-0.2, 0) is 15.0 Å². The van der Waals surface area contributed by atoms with Crippen molar-refractivity contribution in [2.45, 2.75) is 51.0 Å². The molecule has 2 heterocycles. The number of nitrogens with zero attached hydrogens (tertiary/aromatic N) is 4. The first-order valence-corrected chi connectivity index (χ1v) is 12.0. The molecule has 2 aliphatic heterocycles. The van der Waals surface area contributed by atoms with Gasteiger partial charge in [-0.25, -0.2) is 0 Å². The Hall–Kier alpha value is -1.14. The number of piperazine rings is 1. The van der Waals surface area contributed by atoms with Gasteiger partial charge in [0.2, 0.25) is 5.91 Å². The molecule has 8 heteroatoms. The second-order valence-corrected chi connectivity index (χ2v) is 10.3. The lowest BCUT2D eigenvalue weighted by Crippen LogP contribution is -2.56. The molecule has 3 fully saturated rings. The van der Waals surface area contributed by atoms with Crippen LogP contribution in [0.15, 0.2) is 0 Å². The van der Waals surface area contributed by atoms with Crippen molar-refractivity contribution in [3.63, 3.8) is 0 Å². The third-order valence-electron chi connectivity index (χ3n) is 6.58. The number of amides is 1. The van der Waals surface area contributed by atoms with Crippen molar-refractivity contribution in [2.24, 2.45) is 5.92 Å². The number of likely N-dealkylation sites (tertiary alicyclic amines) is 1. The van der Waals surface area contributed by atoms with Crippen LogP contribution in [0, 0.1) is 18.3 Å². The van der Waals surface area contributed by atoms with Crippen molar-refractivity contribution < 1.29 is 13.2 Å². The minimum absolute atomic E-state index is 0.0436. The van der Waals surface area contributed by atoms with Crippen molar-refractivity contribution in [3.05, 3.63) is 0 Å². The summed E-state index contributed by atoms with van der Waals surface area (Å²) < 4.78 is 29.1. The van der Waals surface area contributed by atoms with Crippen LogP contribution < -0.4 is 0 Å². The van der Waals surface area contributed by atoms with E-state index in [1.807, 2.05) is 4.90 Å². The Labute approximate surface area is 170 Å². The van der Waals surface area contributed by atoms with E-state index in [2.05, 4.69) is 10.8 Å². The Morgan fingerprint density at radius 3 is 2.18 bits per heavy atom. The van der Waals surface area contributed by atoms with Crippen LogP contribution in [0.3, 0.4) is 0 Å². The molecule has 0 aromatic rings. The zero-order valence-electron chi connectivity index (χ0n) is 17.1. The van der Waals surface area contributed by atoms with Gasteiger partial charge in [-0.15, -0.1) is 6.42 Å². The first-order chi connectivity index (χ1) is 13.4. The first kappa shape index (κ1) is 21.6. The molecule has 1 amide bonds. The standard InChI is InChI=1S/C20H34N4O3S/c1-3-11-22-12-9-18(10-13-22)20(25)23-14-16-24(17-15-23)28(26,27)21(2)19-7-5-4-6-8-19/h1,18-19H,4-17H2,2H3. The maximum absolute atomic E-state index is 13.0. The second kappa shape index (κ2) is 9.57. The summed E-state index contributed by atoms with van der Waals surface area (Å²) in [5, 5.41) is 0. The number of piperidine rings is 1. The fourth-order valence-electron chi connectivity index (χ4n) is 4.68. The number of carbonyl (C=O) groups is 1. The number of rotatable bonds is 5. The molecule has 0 N–H and O–H groups in total. The molecule has 158 valence electrons. The first-order valence-electron chi connectivity index (χ1n) is 10.6. The van der Waals surface area contributed by atoms with E-state index in [0.717, 1.165) is 51.6 Å². The summed E-state index contributed by atoms with van der Waals surface area (Å²) in [5.41, 5.74) is 0. The fourth-order valence-corrected chi connectivity index (χ4v) is 6.26. The third kappa shape index (κ3) is 4.88. The highest BCUT2D eigenvalue weighted by Crippen LogP contribution is 2.26. The smallest absolute Gasteiger partial charge is 0.282 e. The van der Waals surface area contributed by atoms with E-state index in [4.69, 9.17) is 6.42 Å². The highest BCUT2D eigenvalue weighted by atomic mass is 32.2. The molecular weight excluding hydrogens is 376 g/mol. The Kier molecular flexibility index (Phi) is 7.37. The molecular formula is C20H34N4O3S.